The summed E-state index contributed by atoms with van der Waals surface area (Å²) in [6.07, 6.45) is 4.68. The molecule has 7 nitrogen and oxygen atoms in total. The summed E-state index contributed by atoms with van der Waals surface area (Å²) >= 11 is 1.81. The van der Waals surface area contributed by atoms with Crippen LogP contribution in [0.3, 0.4) is 0 Å². The maximum atomic E-state index is 12.9. The zero-order chi connectivity index (χ0) is 18.6. The molecule has 2 aromatic heterocycles. The van der Waals surface area contributed by atoms with Crippen LogP contribution in [0.15, 0.2) is 42.7 Å². The highest BCUT2D eigenvalue weighted by Crippen LogP contribution is 2.24. The average molecular weight is 382 g/mol. The maximum Gasteiger partial charge on any atom is 0.241 e. The highest BCUT2D eigenvalue weighted by Gasteiger charge is 2.29. The quantitative estimate of drug-likeness (QED) is 0.734. The molecule has 0 spiro atoms. The number of nitrogens with zero attached hydrogens (tertiary/aromatic N) is 5. The summed E-state index contributed by atoms with van der Waals surface area (Å²) in [5.74, 6) is 0.0677. The van der Waals surface area contributed by atoms with Crippen LogP contribution >= 0.6 is 11.3 Å². The number of carbonyl (C=O) groups excluding carboxylic acids is 1. The molecular weight excluding hydrogens is 360 g/mol. The minimum atomic E-state index is -0.0830. The number of aromatic nitrogens is 4. The van der Waals surface area contributed by atoms with Crippen LogP contribution in [0.2, 0.25) is 0 Å². The van der Waals surface area contributed by atoms with E-state index in [4.69, 9.17) is 0 Å². The predicted molar refractivity (Wildman–Crippen MR) is 105 cm³/mol. The van der Waals surface area contributed by atoms with Gasteiger partial charge in [0.25, 0.3) is 0 Å². The summed E-state index contributed by atoms with van der Waals surface area (Å²) in [6.45, 7) is 3.93. The Balaban J connectivity index is 1.42. The Hall–Kier alpha value is -2.58. The van der Waals surface area contributed by atoms with E-state index in [1.807, 2.05) is 35.6 Å². The molecule has 0 aliphatic carbocycles. The van der Waals surface area contributed by atoms with Gasteiger partial charge in [0.05, 0.1) is 11.7 Å². The van der Waals surface area contributed by atoms with E-state index in [0.717, 1.165) is 43.7 Å². The standard InChI is InChI=1S/C19H22N6OS/c1-14-5-10-17(27-14)12-24-11-3-2-4-18(24)19(26)21-15-6-8-16(9-7-15)25-13-20-22-23-25/h5-10,13,18H,2-4,11-12H2,1H3,(H,21,26)/t18-/m1/s1. The number of carbonyl (C=O) groups is 1. The molecule has 27 heavy (non-hydrogen) atoms. The summed E-state index contributed by atoms with van der Waals surface area (Å²) in [6, 6.07) is 11.8. The van der Waals surface area contributed by atoms with Crippen molar-refractivity contribution < 1.29 is 4.79 Å². The molecule has 1 aliphatic heterocycles. The molecular formula is C19H22N6OS. The summed E-state index contributed by atoms with van der Waals surface area (Å²) in [4.78, 5) is 17.8. The largest absolute Gasteiger partial charge is 0.325 e. The summed E-state index contributed by atoms with van der Waals surface area (Å²) in [7, 11) is 0. The van der Waals surface area contributed by atoms with E-state index in [1.165, 1.54) is 9.75 Å². The van der Waals surface area contributed by atoms with Gasteiger partial charge in [-0.15, -0.1) is 16.4 Å². The molecule has 1 aliphatic rings. The van der Waals surface area contributed by atoms with Crippen molar-refractivity contribution in [3.63, 3.8) is 0 Å². The van der Waals surface area contributed by atoms with Gasteiger partial charge in [-0.1, -0.05) is 6.42 Å². The van der Waals surface area contributed by atoms with Gasteiger partial charge in [0.2, 0.25) is 5.91 Å². The van der Waals surface area contributed by atoms with Crippen LogP contribution in [0.25, 0.3) is 5.69 Å². The van der Waals surface area contributed by atoms with E-state index >= 15 is 0 Å². The van der Waals surface area contributed by atoms with E-state index < -0.39 is 0 Å². The molecule has 1 N–H and O–H groups in total. The fraction of sp³-hybridized carbons (Fsp3) is 0.368. The van der Waals surface area contributed by atoms with Crippen LogP contribution in [0.1, 0.15) is 29.0 Å². The molecule has 0 bridgehead atoms. The van der Waals surface area contributed by atoms with Crippen LogP contribution in [0, 0.1) is 6.92 Å². The second-order valence-electron chi connectivity index (χ2n) is 6.78. The minimum absolute atomic E-state index is 0.0677. The third-order valence-corrected chi connectivity index (χ3v) is 5.81. The zero-order valence-corrected chi connectivity index (χ0v) is 16.0. The topological polar surface area (TPSA) is 75.9 Å². The first-order valence-electron chi connectivity index (χ1n) is 9.13. The lowest BCUT2D eigenvalue weighted by Gasteiger charge is -2.34. The molecule has 3 heterocycles. The molecule has 0 radical (unpaired) electrons. The lowest BCUT2D eigenvalue weighted by Crippen LogP contribution is -2.46. The van der Waals surface area contributed by atoms with Crippen LogP contribution in [0.5, 0.6) is 0 Å². The molecule has 3 aromatic rings. The number of hydrogen-bond donors (Lipinski definition) is 1. The lowest BCUT2D eigenvalue weighted by atomic mass is 10.0. The molecule has 140 valence electrons. The van der Waals surface area contributed by atoms with Crippen molar-refractivity contribution in [1.82, 2.24) is 25.1 Å². The molecule has 8 heteroatoms. The average Bonchev–Trinajstić information content (AvgIpc) is 3.35. The highest BCUT2D eigenvalue weighted by atomic mass is 32.1. The molecule has 1 saturated heterocycles. The summed E-state index contributed by atoms with van der Waals surface area (Å²) < 4.78 is 1.58. The molecule has 4 rings (SSSR count). The number of hydrogen-bond acceptors (Lipinski definition) is 6. The number of amides is 1. The van der Waals surface area contributed by atoms with Gasteiger partial charge in [0.1, 0.15) is 6.33 Å². The van der Waals surface area contributed by atoms with Crippen molar-refractivity contribution in [1.29, 1.82) is 0 Å². The van der Waals surface area contributed by atoms with Crippen molar-refractivity contribution in [2.45, 2.75) is 38.8 Å². The van der Waals surface area contributed by atoms with Crippen LogP contribution in [-0.2, 0) is 11.3 Å². The Labute approximate surface area is 162 Å². The van der Waals surface area contributed by atoms with E-state index in [0.29, 0.717) is 0 Å². The molecule has 1 amide bonds. The maximum absolute atomic E-state index is 12.9. The van der Waals surface area contributed by atoms with Crippen LogP contribution < -0.4 is 5.32 Å². The van der Waals surface area contributed by atoms with Gasteiger partial charge >= 0.3 is 0 Å². The number of rotatable bonds is 5. The van der Waals surface area contributed by atoms with E-state index in [9.17, 15) is 4.79 Å². The van der Waals surface area contributed by atoms with Gasteiger partial charge < -0.3 is 5.32 Å². The van der Waals surface area contributed by atoms with Gasteiger partial charge in [-0.25, -0.2) is 4.68 Å². The molecule has 0 saturated carbocycles. The predicted octanol–water partition coefficient (Wildman–Crippen LogP) is 3.03. The van der Waals surface area contributed by atoms with Crippen molar-refractivity contribution in [2.75, 3.05) is 11.9 Å². The SMILES string of the molecule is Cc1ccc(CN2CCCC[C@@H]2C(=O)Nc2ccc(-n3cnnn3)cc2)s1. The monoisotopic (exact) mass is 382 g/mol. The second-order valence-corrected chi connectivity index (χ2v) is 8.16. The number of anilines is 1. The van der Waals surface area contributed by atoms with Crippen molar-refractivity contribution >= 4 is 22.9 Å². The van der Waals surface area contributed by atoms with Crippen molar-refractivity contribution in [3.05, 3.63) is 52.5 Å². The normalized spacial score (nSPS) is 17.7. The lowest BCUT2D eigenvalue weighted by molar-refractivity contribution is -0.122. The van der Waals surface area contributed by atoms with E-state index in [-0.39, 0.29) is 11.9 Å². The minimum Gasteiger partial charge on any atom is -0.325 e. The fourth-order valence-corrected chi connectivity index (χ4v) is 4.37. The summed E-state index contributed by atoms with van der Waals surface area (Å²) in [5, 5.41) is 14.2. The van der Waals surface area contributed by atoms with Gasteiger partial charge in [-0.2, -0.15) is 0 Å². The van der Waals surface area contributed by atoms with Crippen molar-refractivity contribution in [3.8, 4) is 5.69 Å². The fourth-order valence-electron chi connectivity index (χ4n) is 3.45. The third-order valence-electron chi connectivity index (χ3n) is 4.82. The first-order valence-corrected chi connectivity index (χ1v) is 9.94. The Morgan fingerprint density at radius 1 is 1.22 bits per heavy atom. The van der Waals surface area contributed by atoms with E-state index in [1.54, 1.807) is 11.0 Å². The Kier molecular flexibility index (Phi) is 5.26. The van der Waals surface area contributed by atoms with Crippen LogP contribution in [0.4, 0.5) is 5.69 Å². The smallest absolute Gasteiger partial charge is 0.241 e. The molecule has 1 aromatic carbocycles. The number of benzene rings is 1. The molecule has 0 unspecified atom stereocenters. The van der Waals surface area contributed by atoms with E-state index in [2.05, 4.69) is 44.8 Å². The number of piperidine rings is 1. The molecule has 1 atom stereocenters. The number of tetrazole rings is 1. The number of aryl methyl sites for hydroxylation is 1. The van der Waals surface area contributed by atoms with Crippen LogP contribution in [-0.4, -0.2) is 43.6 Å². The Bertz CT molecular complexity index is 889. The molecule has 1 fully saturated rings. The van der Waals surface area contributed by atoms with Gasteiger partial charge in [-0.3, -0.25) is 9.69 Å². The van der Waals surface area contributed by atoms with Gasteiger partial charge in [0, 0.05) is 22.0 Å². The number of nitrogens with one attached hydrogen (secondary N) is 1. The second kappa shape index (κ2) is 7.98. The third kappa shape index (κ3) is 4.23. The van der Waals surface area contributed by atoms with Crippen molar-refractivity contribution in [2.24, 2.45) is 0 Å². The Morgan fingerprint density at radius 3 is 2.78 bits per heavy atom. The first kappa shape index (κ1) is 17.8. The number of likely N-dealkylation sites (tertiary alicyclic amines) is 1. The zero-order valence-electron chi connectivity index (χ0n) is 15.2. The number of thiophene rings is 1. The summed E-state index contributed by atoms with van der Waals surface area (Å²) in [5.41, 5.74) is 1.64. The van der Waals surface area contributed by atoms with Gasteiger partial charge in [-0.05, 0) is 73.1 Å². The first-order chi connectivity index (χ1) is 13.2. The Morgan fingerprint density at radius 2 is 2.07 bits per heavy atom. The highest BCUT2D eigenvalue weighted by molar-refractivity contribution is 7.11. The van der Waals surface area contributed by atoms with Gasteiger partial charge in [0.15, 0.2) is 0 Å².